The first-order valence-corrected chi connectivity index (χ1v) is 19.7. The van der Waals surface area contributed by atoms with E-state index in [-0.39, 0.29) is 108 Å². The smallest absolute Gasteiger partial charge is 0.505 e. The van der Waals surface area contributed by atoms with E-state index in [0.29, 0.717) is 17.4 Å². The molecule has 1 aromatic heterocycles. The van der Waals surface area contributed by atoms with Crippen LogP contribution in [0, 0.1) is 0 Å². The maximum atomic E-state index is 12.9. The largest absolute Gasteiger partial charge is 1.00 e. The number of carbonyl (C=O) groups excluding carboxylic acids is 1. The van der Waals surface area contributed by atoms with Crippen molar-refractivity contribution in [2.45, 2.75) is 25.9 Å². The van der Waals surface area contributed by atoms with Crippen molar-refractivity contribution in [3.8, 4) is 5.75 Å². The number of phenolic OH excluding ortho intramolecular Hbond substituents is 1. The van der Waals surface area contributed by atoms with E-state index >= 15 is 0 Å². The number of phenols is 1. The summed E-state index contributed by atoms with van der Waals surface area (Å²) in [6, 6.07) is 11.9. The van der Waals surface area contributed by atoms with Gasteiger partial charge in [-0.05, 0) is 42.5 Å². The molecule has 0 bridgehead atoms. The summed E-state index contributed by atoms with van der Waals surface area (Å²) in [6.07, 6.45) is 0. The van der Waals surface area contributed by atoms with E-state index < -0.39 is 93.0 Å². The number of hydrogen-bond acceptors (Lipinski definition) is 14. The van der Waals surface area contributed by atoms with Crippen molar-refractivity contribution in [2.75, 3.05) is 11.1 Å². The number of azo groups is 1. The number of amides is 1. The van der Waals surface area contributed by atoms with Crippen molar-refractivity contribution in [1.82, 2.24) is 4.98 Å². The van der Waals surface area contributed by atoms with Crippen LogP contribution in [0.4, 0.5) is 17.1 Å². The molecular formula is C26H20KN4NaO13S5+2. The van der Waals surface area contributed by atoms with E-state index in [1.165, 1.54) is 31.2 Å². The number of benzene rings is 4. The van der Waals surface area contributed by atoms with E-state index in [1.807, 2.05) is 0 Å². The number of sulfone groups is 1. The van der Waals surface area contributed by atoms with Gasteiger partial charge in [0.2, 0.25) is 14.2 Å². The average molecular weight is 819 g/mol. The fourth-order valence-electron chi connectivity index (χ4n) is 4.47. The number of thiazole rings is 1. The second-order valence-corrected chi connectivity index (χ2v) is 17.3. The number of hydrogen-bond donors (Lipinski definition) is 5. The monoisotopic (exact) mass is 818 g/mol. The molecule has 0 aliphatic rings. The van der Waals surface area contributed by atoms with Gasteiger partial charge in [-0.25, -0.2) is 13.4 Å². The van der Waals surface area contributed by atoms with Crippen molar-refractivity contribution in [1.29, 1.82) is 0 Å². The van der Waals surface area contributed by atoms with Crippen molar-refractivity contribution < 1.29 is 138 Å². The van der Waals surface area contributed by atoms with Gasteiger partial charge in [0.05, 0.1) is 27.0 Å². The SMILES string of the molecule is CCS(=O)(=O)c1nc2ccc(N=Nc3c(S(=O)(=O)O)cc4c(S(=O)(=O)O)ccc(NC(=O)c5ccccc5)c4c3O)c(S(=O)(=O)O)c2s1.[K+].[Na+]. The zero-order valence-corrected chi connectivity index (χ0v) is 35.0. The number of rotatable bonds is 9. The summed E-state index contributed by atoms with van der Waals surface area (Å²) in [7, 11) is -19.7. The minimum atomic E-state index is -5.40. The summed E-state index contributed by atoms with van der Waals surface area (Å²) in [6.45, 7) is 1.32. The van der Waals surface area contributed by atoms with Crippen LogP contribution in [-0.4, -0.2) is 69.1 Å². The molecule has 0 saturated heterocycles. The van der Waals surface area contributed by atoms with Crippen LogP contribution < -0.4 is 86.3 Å². The van der Waals surface area contributed by atoms with Crippen LogP contribution in [0.25, 0.3) is 21.0 Å². The number of nitrogens with zero attached hydrogens (tertiary/aromatic N) is 3. The standard InChI is InChI=1S/C26H20N4O13S5.K.Na/c1-2-45(33,34)26-28-16-8-9-17(24(23(16)44-26)48(41,42)43)29-30-21-19(47(38,39)40)12-14-18(46(35,36)37)11-10-15(20(14)22(21)31)27-25(32)13-6-4-3-5-7-13;;/h3-12,31H,2H2,1H3,(H,27,32)(H,35,36,37)(H,38,39,40)(H,41,42,43);;/q;2*+1. The summed E-state index contributed by atoms with van der Waals surface area (Å²) >= 11 is 0.394. The van der Waals surface area contributed by atoms with Gasteiger partial charge in [-0.1, -0.05) is 25.1 Å². The van der Waals surface area contributed by atoms with Gasteiger partial charge in [0, 0.05) is 10.9 Å². The predicted molar refractivity (Wildman–Crippen MR) is 171 cm³/mol. The summed E-state index contributed by atoms with van der Waals surface area (Å²) in [5, 5.41) is 19.8. The average Bonchev–Trinajstić information content (AvgIpc) is 3.44. The molecular weight excluding hydrogens is 799 g/mol. The third-order valence-corrected chi connectivity index (χ3v) is 12.8. The maximum Gasteiger partial charge on any atom is 1.00 e. The molecule has 4 aromatic carbocycles. The molecule has 5 aromatic rings. The van der Waals surface area contributed by atoms with Crippen LogP contribution in [0.3, 0.4) is 0 Å². The Morgan fingerprint density at radius 1 is 0.840 bits per heavy atom. The summed E-state index contributed by atoms with van der Waals surface area (Å²) < 4.78 is 128. The molecule has 0 atom stereocenters. The fraction of sp³-hybridized carbons (Fsp3) is 0.0769. The zero-order chi connectivity index (χ0) is 35.4. The second-order valence-electron chi connectivity index (χ2n) is 9.70. The Balaban J connectivity index is 0.00000338. The van der Waals surface area contributed by atoms with Crippen molar-refractivity contribution in [2.24, 2.45) is 10.2 Å². The van der Waals surface area contributed by atoms with E-state index in [9.17, 15) is 57.2 Å². The number of anilines is 1. The van der Waals surface area contributed by atoms with E-state index in [1.54, 1.807) is 6.07 Å². The molecule has 0 radical (unpaired) electrons. The maximum absolute atomic E-state index is 12.9. The molecule has 0 saturated carbocycles. The van der Waals surface area contributed by atoms with Crippen molar-refractivity contribution >= 4 is 95.5 Å². The molecule has 5 rings (SSSR count). The molecule has 0 fully saturated rings. The third kappa shape index (κ3) is 8.70. The van der Waals surface area contributed by atoms with Gasteiger partial charge in [-0.3, -0.25) is 18.5 Å². The fourth-order valence-corrected chi connectivity index (χ4v) is 9.28. The summed E-state index contributed by atoms with van der Waals surface area (Å²) in [5.74, 6) is -2.35. The van der Waals surface area contributed by atoms with E-state index in [4.69, 9.17) is 0 Å². The van der Waals surface area contributed by atoms with Crippen LogP contribution >= 0.6 is 11.3 Å². The van der Waals surface area contributed by atoms with Crippen molar-refractivity contribution in [3.05, 3.63) is 66.2 Å². The van der Waals surface area contributed by atoms with E-state index in [2.05, 4.69) is 20.5 Å². The Kier molecular flexibility index (Phi) is 13.4. The first-order valence-electron chi connectivity index (χ1n) is 12.9. The van der Waals surface area contributed by atoms with Crippen LogP contribution in [0.15, 0.2) is 89.9 Å². The van der Waals surface area contributed by atoms with Crippen LogP contribution in [0.2, 0.25) is 0 Å². The molecule has 17 nitrogen and oxygen atoms in total. The van der Waals surface area contributed by atoms with Gasteiger partial charge < -0.3 is 10.4 Å². The topological polar surface area (TPSA) is 284 Å². The number of aromatic hydroxyl groups is 1. The van der Waals surface area contributed by atoms with Crippen LogP contribution in [0.1, 0.15) is 17.3 Å². The molecule has 5 N–H and O–H groups in total. The summed E-state index contributed by atoms with van der Waals surface area (Å²) in [4.78, 5) is 13.6. The number of carbonyl (C=O) groups is 1. The minimum absolute atomic E-state index is 0. The normalized spacial score (nSPS) is 12.5. The third-order valence-electron chi connectivity index (χ3n) is 6.65. The quantitative estimate of drug-likeness (QED) is 0.0634. The van der Waals surface area contributed by atoms with Crippen molar-refractivity contribution in [3.63, 3.8) is 0 Å². The van der Waals surface area contributed by atoms with Gasteiger partial charge in [0.15, 0.2) is 5.75 Å². The molecule has 0 aliphatic carbocycles. The number of nitrogens with one attached hydrogen (secondary N) is 1. The Hall–Kier alpha value is -1.78. The van der Waals surface area contributed by atoms with Gasteiger partial charge in [-0.15, -0.1) is 21.6 Å². The summed E-state index contributed by atoms with van der Waals surface area (Å²) in [5.41, 5.74) is -2.16. The Morgan fingerprint density at radius 2 is 1.46 bits per heavy atom. The Bertz CT molecular complexity index is 2650. The Morgan fingerprint density at radius 3 is 2.02 bits per heavy atom. The van der Waals surface area contributed by atoms with Gasteiger partial charge in [0.1, 0.15) is 26.1 Å². The second kappa shape index (κ2) is 15.7. The van der Waals surface area contributed by atoms with Crippen LogP contribution in [0.5, 0.6) is 5.75 Å². The van der Waals surface area contributed by atoms with Gasteiger partial charge in [-0.2, -0.15) is 25.3 Å². The molecule has 50 heavy (non-hydrogen) atoms. The zero-order valence-electron chi connectivity index (χ0n) is 25.8. The predicted octanol–water partition coefficient (Wildman–Crippen LogP) is -1.64. The van der Waals surface area contributed by atoms with Gasteiger partial charge in [0.25, 0.3) is 36.3 Å². The number of fused-ring (bicyclic) bond motifs is 2. The first kappa shape index (κ1) is 42.6. The molecule has 1 heterocycles. The Labute approximate surface area is 353 Å². The minimum Gasteiger partial charge on any atom is -0.505 e. The van der Waals surface area contributed by atoms with E-state index in [0.717, 1.165) is 24.3 Å². The molecule has 252 valence electrons. The molecule has 0 aliphatic heterocycles. The number of aromatic nitrogens is 1. The molecule has 0 unspecified atom stereocenters. The molecule has 1 amide bonds. The van der Waals surface area contributed by atoms with Gasteiger partial charge >= 0.3 is 80.9 Å². The van der Waals surface area contributed by atoms with Crippen LogP contribution in [-0.2, 0) is 40.2 Å². The first-order chi connectivity index (χ1) is 22.2. The molecule has 0 spiro atoms. The molecule has 24 heteroatoms.